The molecular formula is C13H15ClO3. The zero-order valence-electron chi connectivity index (χ0n) is 9.65. The highest BCUT2D eigenvalue weighted by atomic mass is 35.5. The van der Waals surface area contributed by atoms with Gasteiger partial charge in [-0.3, -0.25) is 0 Å². The molecule has 0 atom stereocenters. The fourth-order valence-corrected chi connectivity index (χ4v) is 1.33. The van der Waals surface area contributed by atoms with E-state index in [4.69, 9.17) is 21.4 Å². The number of carbonyl (C=O) groups is 1. The van der Waals surface area contributed by atoms with Gasteiger partial charge >= 0.3 is 5.97 Å². The van der Waals surface area contributed by atoms with Gasteiger partial charge in [0.05, 0.1) is 6.61 Å². The molecule has 3 nitrogen and oxygen atoms in total. The van der Waals surface area contributed by atoms with Gasteiger partial charge in [-0.2, -0.15) is 0 Å². The fraction of sp³-hybridized carbons (Fsp3) is 0.308. The molecule has 1 aromatic rings. The van der Waals surface area contributed by atoms with Crippen molar-refractivity contribution in [2.45, 2.75) is 13.3 Å². The summed E-state index contributed by atoms with van der Waals surface area (Å²) < 4.78 is 5.43. The Morgan fingerprint density at radius 2 is 2.06 bits per heavy atom. The minimum absolute atomic E-state index is 0.306. The van der Waals surface area contributed by atoms with Crippen LogP contribution in [-0.4, -0.2) is 23.6 Å². The molecule has 0 aromatic heterocycles. The van der Waals surface area contributed by atoms with Crippen LogP contribution in [0.5, 0.6) is 5.75 Å². The van der Waals surface area contributed by atoms with Crippen LogP contribution in [0.2, 0.25) is 0 Å². The molecule has 1 N–H and O–H groups in total. The third kappa shape index (κ3) is 4.91. The van der Waals surface area contributed by atoms with E-state index in [0.29, 0.717) is 18.1 Å². The van der Waals surface area contributed by atoms with Gasteiger partial charge < -0.3 is 9.84 Å². The van der Waals surface area contributed by atoms with Crippen LogP contribution in [-0.2, 0) is 4.79 Å². The Kier molecular flexibility index (Phi) is 5.57. The molecular weight excluding hydrogens is 240 g/mol. The first-order valence-electron chi connectivity index (χ1n) is 5.34. The summed E-state index contributed by atoms with van der Waals surface area (Å²) in [5.41, 5.74) is 1.15. The summed E-state index contributed by atoms with van der Waals surface area (Å²) in [6.45, 7) is 2.15. The minimum atomic E-state index is -0.910. The third-order valence-corrected chi connectivity index (χ3v) is 2.41. The van der Waals surface area contributed by atoms with E-state index >= 15 is 0 Å². The van der Waals surface area contributed by atoms with Crippen molar-refractivity contribution in [1.82, 2.24) is 0 Å². The van der Waals surface area contributed by atoms with Crippen molar-refractivity contribution in [3.63, 3.8) is 0 Å². The van der Waals surface area contributed by atoms with Crippen LogP contribution < -0.4 is 4.74 Å². The topological polar surface area (TPSA) is 46.5 Å². The molecule has 0 aliphatic rings. The number of halogens is 1. The molecule has 0 unspecified atom stereocenters. The van der Waals surface area contributed by atoms with E-state index in [2.05, 4.69) is 0 Å². The Morgan fingerprint density at radius 3 is 2.59 bits per heavy atom. The van der Waals surface area contributed by atoms with Crippen LogP contribution >= 0.6 is 11.6 Å². The smallest absolute Gasteiger partial charge is 0.331 e. The molecule has 0 radical (unpaired) electrons. The lowest BCUT2D eigenvalue weighted by Crippen LogP contribution is -1.97. The number of hydrogen-bond donors (Lipinski definition) is 1. The molecule has 4 heteroatoms. The summed E-state index contributed by atoms with van der Waals surface area (Å²) in [6.07, 6.45) is 2.42. The molecule has 0 saturated heterocycles. The fourth-order valence-electron chi connectivity index (χ4n) is 1.22. The quantitative estimate of drug-likeness (QED) is 0.482. The van der Waals surface area contributed by atoms with Gasteiger partial charge in [-0.05, 0) is 37.1 Å². The predicted molar refractivity (Wildman–Crippen MR) is 68.6 cm³/mol. The maximum atomic E-state index is 10.6. The Bertz CT molecular complexity index is 396. The van der Waals surface area contributed by atoms with Crippen LogP contribution in [0.3, 0.4) is 0 Å². The van der Waals surface area contributed by atoms with E-state index in [0.717, 1.165) is 17.7 Å². The number of ether oxygens (including phenoxy) is 1. The summed E-state index contributed by atoms with van der Waals surface area (Å²) in [6, 6.07) is 7.27. The van der Waals surface area contributed by atoms with Crippen molar-refractivity contribution in [3.05, 3.63) is 35.4 Å². The monoisotopic (exact) mass is 254 g/mol. The maximum Gasteiger partial charge on any atom is 0.331 e. The number of hydrogen-bond acceptors (Lipinski definition) is 2. The molecule has 92 valence electrons. The van der Waals surface area contributed by atoms with Crippen molar-refractivity contribution in [1.29, 1.82) is 0 Å². The molecule has 0 spiro atoms. The van der Waals surface area contributed by atoms with E-state index < -0.39 is 5.97 Å². The van der Waals surface area contributed by atoms with Gasteiger partial charge in [0, 0.05) is 11.5 Å². The average molecular weight is 255 g/mol. The van der Waals surface area contributed by atoms with E-state index in [1.165, 1.54) is 0 Å². The van der Waals surface area contributed by atoms with Crippen molar-refractivity contribution >= 4 is 23.6 Å². The van der Waals surface area contributed by atoms with Gasteiger partial charge in [0.2, 0.25) is 0 Å². The Balaban J connectivity index is 2.62. The van der Waals surface area contributed by atoms with Gasteiger partial charge in [0.1, 0.15) is 5.75 Å². The van der Waals surface area contributed by atoms with Crippen LogP contribution in [0.1, 0.15) is 18.9 Å². The maximum absolute atomic E-state index is 10.6. The SMILES string of the molecule is CC(=Cc1ccc(OCCCCl)cc1)C(=O)O. The second kappa shape index (κ2) is 6.97. The van der Waals surface area contributed by atoms with Crippen LogP contribution in [0, 0.1) is 0 Å². The Labute approximate surface area is 106 Å². The second-order valence-corrected chi connectivity index (χ2v) is 3.97. The molecule has 1 rings (SSSR count). The number of carboxylic acid groups (broad SMARTS) is 1. The highest BCUT2D eigenvalue weighted by Crippen LogP contribution is 2.14. The lowest BCUT2D eigenvalue weighted by atomic mass is 10.1. The number of carboxylic acids is 1. The van der Waals surface area contributed by atoms with E-state index in [1.54, 1.807) is 13.0 Å². The first-order valence-corrected chi connectivity index (χ1v) is 5.87. The van der Waals surface area contributed by atoms with E-state index in [-0.39, 0.29) is 0 Å². The molecule has 0 saturated carbocycles. The summed E-state index contributed by atoms with van der Waals surface area (Å²) in [5, 5.41) is 8.74. The van der Waals surface area contributed by atoms with Crippen LogP contribution in [0.15, 0.2) is 29.8 Å². The molecule has 0 bridgehead atoms. The van der Waals surface area contributed by atoms with Crippen molar-refractivity contribution in [2.24, 2.45) is 0 Å². The van der Waals surface area contributed by atoms with Crippen LogP contribution in [0.25, 0.3) is 6.08 Å². The van der Waals surface area contributed by atoms with E-state index in [1.807, 2.05) is 24.3 Å². The van der Waals surface area contributed by atoms with Gasteiger partial charge in [-0.1, -0.05) is 12.1 Å². The zero-order valence-corrected chi connectivity index (χ0v) is 10.4. The third-order valence-electron chi connectivity index (χ3n) is 2.15. The molecule has 0 fully saturated rings. The summed E-state index contributed by atoms with van der Waals surface area (Å²) in [4.78, 5) is 10.6. The standard InChI is InChI=1S/C13H15ClO3/c1-10(13(15)16)9-11-3-5-12(6-4-11)17-8-2-7-14/h3-6,9H,2,7-8H2,1H3,(H,15,16). The molecule has 1 aromatic carbocycles. The highest BCUT2D eigenvalue weighted by Gasteiger charge is 2.00. The lowest BCUT2D eigenvalue weighted by molar-refractivity contribution is -0.132. The molecule has 17 heavy (non-hydrogen) atoms. The minimum Gasteiger partial charge on any atom is -0.494 e. The number of alkyl halides is 1. The van der Waals surface area contributed by atoms with Crippen LogP contribution in [0.4, 0.5) is 0 Å². The largest absolute Gasteiger partial charge is 0.494 e. The van der Waals surface area contributed by atoms with Gasteiger partial charge in [-0.25, -0.2) is 4.79 Å². The Morgan fingerprint density at radius 1 is 1.41 bits per heavy atom. The Hall–Kier alpha value is -1.48. The molecule has 0 heterocycles. The molecule has 0 amide bonds. The van der Waals surface area contributed by atoms with Gasteiger partial charge in [0.25, 0.3) is 0 Å². The van der Waals surface area contributed by atoms with Crippen molar-refractivity contribution < 1.29 is 14.6 Å². The zero-order chi connectivity index (χ0) is 12.7. The highest BCUT2D eigenvalue weighted by molar-refractivity contribution is 6.17. The van der Waals surface area contributed by atoms with Gasteiger partial charge in [-0.15, -0.1) is 11.6 Å². The van der Waals surface area contributed by atoms with E-state index in [9.17, 15) is 4.79 Å². The number of aliphatic carboxylic acids is 1. The molecule has 0 aliphatic heterocycles. The normalized spacial score (nSPS) is 11.3. The van der Waals surface area contributed by atoms with Crippen molar-refractivity contribution in [2.75, 3.05) is 12.5 Å². The number of benzene rings is 1. The second-order valence-electron chi connectivity index (χ2n) is 3.59. The first kappa shape index (κ1) is 13.6. The van der Waals surface area contributed by atoms with Gasteiger partial charge in [0.15, 0.2) is 0 Å². The average Bonchev–Trinajstić information content (AvgIpc) is 2.31. The lowest BCUT2D eigenvalue weighted by Gasteiger charge is -2.04. The number of rotatable bonds is 6. The summed E-state index contributed by atoms with van der Waals surface area (Å²) >= 11 is 5.54. The first-order chi connectivity index (χ1) is 8.13. The predicted octanol–water partition coefficient (Wildman–Crippen LogP) is 3.18. The summed E-state index contributed by atoms with van der Waals surface area (Å²) in [5.74, 6) is 0.436. The molecule has 0 aliphatic carbocycles. The summed E-state index contributed by atoms with van der Waals surface area (Å²) in [7, 11) is 0. The van der Waals surface area contributed by atoms with Crippen molar-refractivity contribution in [3.8, 4) is 5.75 Å².